The van der Waals surface area contributed by atoms with E-state index in [9.17, 15) is 4.79 Å². The van der Waals surface area contributed by atoms with Crippen molar-refractivity contribution >= 4 is 5.91 Å². The Morgan fingerprint density at radius 3 is 2.60 bits per heavy atom. The van der Waals surface area contributed by atoms with Crippen LogP contribution in [0.2, 0.25) is 0 Å². The lowest BCUT2D eigenvalue weighted by molar-refractivity contribution is 0.0735. The average molecular weight is 335 g/mol. The number of aryl methyl sites for hydroxylation is 2. The van der Waals surface area contributed by atoms with E-state index in [-0.39, 0.29) is 11.9 Å². The van der Waals surface area contributed by atoms with Crippen molar-refractivity contribution in [2.75, 3.05) is 6.54 Å². The lowest BCUT2D eigenvalue weighted by Crippen LogP contribution is -2.30. The summed E-state index contributed by atoms with van der Waals surface area (Å²) in [7, 11) is 1.90. The van der Waals surface area contributed by atoms with E-state index in [0.29, 0.717) is 5.56 Å². The number of hydrogen-bond donors (Lipinski definition) is 0. The van der Waals surface area contributed by atoms with E-state index >= 15 is 0 Å². The van der Waals surface area contributed by atoms with Crippen molar-refractivity contribution < 1.29 is 4.79 Å². The topological polar surface area (TPSA) is 56.0 Å². The second kappa shape index (κ2) is 6.20. The summed E-state index contributed by atoms with van der Waals surface area (Å²) < 4.78 is 3.65. The number of nitrogens with zero attached hydrogens (tertiary/aromatic N) is 5. The molecule has 1 fully saturated rings. The predicted octanol–water partition coefficient (Wildman–Crippen LogP) is 2.89. The Morgan fingerprint density at radius 2 is 1.96 bits per heavy atom. The summed E-state index contributed by atoms with van der Waals surface area (Å²) in [6.07, 6.45) is 7.65. The number of likely N-dealkylation sites (tertiary alicyclic amines) is 1. The first kappa shape index (κ1) is 15.6. The van der Waals surface area contributed by atoms with Crippen LogP contribution in [0.25, 0.3) is 5.69 Å². The minimum atomic E-state index is 0.0788. The van der Waals surface area contributed by atoms with Gasteiger partial charge in [0, 0.05) is 42.8 Å². The van der Waals surface area contributed by atoms with Gasteiger partial charge in [0.15, 0.2) is 0 Å². The molecule has 128 valence electrons. The number of amides is 1. The summed E-state index contributed by atoms with van der Waals surface area (Å²) in [6, 6.07) is 9.75. The van der Waals surface area contributed by atoms with E-state index in [4.69, 9.17) is 0 Å². The zero-order chi connectivity index (χ0) is 17.4. The molecule has 0 radical (unpaired) electrons. The molecule has 6 nitrogen and oxygen atoms in total. The van der Waals surface area contributed by atoms with Crippen molar-refractivity contribution in [3.63, 3.8) is 0 Å². The normalized spacial score (nSPS) is 17.2. The molecule has 1 amide bonds. The van der Waals surface area contributed by atoms with E-state index < -0.39 is 0 Å². The molecule has 1 saturated heterocycles. The molecule has 0 N–H and O–H groups in total. The van der Waals surface area contributed by atoms with Crippen molar-refractivity contribution in [1.82, 2.24) is 24.5 Å². The fourth-order valence-corrected chi connectivity index (χ4v) is 3.52. The van der Waals surface area contributed by atoms with Crippen molar-refractivity contribution in [2.24, 2.45) is 7.05 Å². The molecule has 6 heteroatoms. The molecule has 3 heterocycles. The van der Waals surface area contributed by atoms with Gasteiger partial charge in [-0.2, -0.15) is 10.2 Å². The van der Waals surface area contributed by atoms with E-state index in [1.54, 1.807) is 10.9 Å². The van der Waals surface area contributed by atoms with Gasteiger partial charge in [0.1, 0.15) is 0 Å². The van der Waals surface area contributed by atoms with Gasteiger partial charge in [0.2, 0.25) is 0 Å². The summed E-state index contributed by atoms with van der Waals surface area (Å²) in [5, 5.41) is 8.55. The smallest absolute Gasteiger partial charge is 0.254 e. The molecule has 0 saturated carbocycles. The van der Waals surface area contributed by atoms with Gasteiger partial charge < -0.3 is 4.90 Å². The molecule has 1 aromatic carbocycles. The number of carbonyl (C=O) groups is 1. The van der Waals surface area contributed by atoms with Crippen LogP contribution in [0.15, 0.2) is 48.9 Å². The van der Waals surface area contributed by atoms with Crippen LogP contribution < -0.4 is 0 Å². The molecule has 1 atom stereocenters. The quantitative estimate of drug-likeness (QED) is 0.739. The molecule has 0 aliphatic carbocycles. The SMILES string of the molecule is Cc1ccnn1-c1ccc(C(=O)N2CCC[C@@H]2c2cnn(C)c2)cc1. The zero-order valence-electron chi connectivity index (χ0n) is 14.5. The van der Waals surface area contributed by atoms with Crippen LogP contribution in [0.1, 0.15) is 40.5 Å². The van der Waals surface area contributed by atoms with Gasteiger partial charge in [-0.3, -0.25) is 9.48 Å². The number of carbonyl (C=O) groups excluding carboxylic acids is 1. The van der Waals surface area contributed by atoms with E-state index in [1.807, 2.05) is 66.3 Å². The van der Waals surface area contributed by atoms with Crippen molar-refractivity contribution in [3.8, 4) is 5.69 Å². The number of hydrogen-bond acceptors (Lipinski definition) is 3. The van der Waals surface area contributed by atoms with Crippen LogP contribution in [0.3, 0.4) is 0 Å². The number of aromatic nitrogens is 4. The first-order chi connectivity index (χ1) is 12.1. The van der Waals surface area contributed by atoms with E-state index in [1.165, 1.54) is 0 Å². The summed E-state index contributed by atoms with van der Waals surface area (Å²) in [6.45, 7) is 2.80. The second-order valence-corrected chi connectivity index (χ2v) is 6.54. The minimum absolute atomic E-state index is 0.0788. The molecule has 1 aliphatic heterocycles. The molecule has 25 heavy (non-hydrogen) atoms. The van der Waals surface area contributed by atoms with Crippen LogP contribution in [0.5, 0.6) is 0 Å². The van der Waals surface area contributed by atoms with Crippen LogP contribution >= 0.6 is 0 Å². The Morgan fingerprint density at radius 1 is 1.16 bits per heavy atom. The third-order valence-corrected chi connectivity index (χ3v) is 4.81. The highest BCUT2D eigenvalue weighted by molar-refractivity contribution is 5.94. The van der Waals surface area contributed by atoms with E-state index in [0.717, 1.165) is 36.3 Å². The molecule has 0 unspecified atom stereocenters. The largest absolute Gasteiger partial charge is 0.331 e. The monoisotopic (exact) mass is 335 g/mol. The Bertz CT molecular complexity index is 893. The van der Waals surface area contributed by atoms with E-state index in [2.05, 4.69) is 10.2 Å². The fraction of sp³-hybridized carbons (Fsp3) is 0.316. The van der Waals surface area contributed by atoms with Crippen molar-refractivity contribution in [3.05, 3.63) is 65.7 Å². The molecule has 1 aliphatic rings. The molecule has 0 bridgehead atoms. The zero-order valence-corrected chi connectivity index (χ0v) is 14.5. The van der Waals surface area contributed by atoms with Crippen molar-refractivity contribution in [1.29, 1.82) is 0 Å². The molecule has 3 aromatic rings. The van der Waals surface area contributed by atoms with Gasteiger partial charge >= 0.3 is 0 Å². The van der Waals surface area contributed by atoms with Gasteiger partial charge in [-0.15, -0.1) is 0 Å². The summed E-state index contributed by atoms with van der Waals surface area (Å²) in [4.78, 5) is 14.9. The lowest BCUT2D eigenvalue weighted by Gasteiger charge is -2.24. The number of benzene rings is 1. The van der Waals surface area contributed by atoms with Gasteiger partial charge in [-0.25, -0.2) is 4.68 Å². The van der Waals surface area contributed by atoms with Gasteiger partial charge in [0.05, 0.1) is 17.9 Å². The van der Waals surface area contributed by atoms with Crippen LogP contribution in [0.4, 0.5) is 0 Å². The summed E-state index contributed by atoms with van der Waals surface area (Å²) >= 11 is 0. The van der Waals surface area contributed by atoms with Crippen molar-refractivity contribution in [2.45, 2.75) is 25.8 Å². The molecule has 2 aromatic heterocycles. The number of rotatable bonds is 3. The molecule has 0 spiro atoms. The lowest BCUT2D eigenvalue weighted by atomic mass is 10.1. The fourth-order valence-electron chi connectivity index (χ4n) is 3.52. The van der Waals surface area contributed by atoms with Crippen LogP contribution in [-0.4, -0.2) is 36.9 Å². The first-order valence-electron chi connectivity index (χ1n) is 8.54. The van der Waals surface area contributed by atoms with Gasteiger partial charge in [-0.1, -0.05) is 0 Å². The molecule has 4 rings (SSSR count). The Kier molecular flexibility index (Phi) is 3.87. The Hall–Kier alpha value is -2.89. The predicted molar refractivity (Wildman–Crippen MR) is 94.5 cm³/mol. The maximum atomic E-state index is 13.0. The molecular formula is C19H21N5O. The average Bonchev–Trinajstić information content (AvgIpc) is 3.34. The van der Waals surface area contributed by atoms with Gasteiger partial charge in [0.25, 0.3) is 5.91 Å². The van der Waals surface area contributed by atoms with Crippen LogP contribution in [-0.2, 0) is 7.05 Å². The third-order valence-electron chi connectivity index (χ3n) is 4.81. The first-order valence-corrected chi connectivity index (χ1v) is 8.54. The second-order valence-electron chi connectivity index (χ2n) is 6.54. The maximum absolute atomic E-state index is 13.0. The van der Waals surface area contributed by atoms with Crippen LogP contribution in [0, 0.1) is 6.92 Å². The highest BCUT2D eigenvalue weighted by atomic mass is 16.2. The standard InChI is InChI=1S/C19H21N5O/c1-14-9-10-20-24(14)17-7-5-15(6-8-17)19(25)23-11-3-4-18(23)16-12-21-22(2)13-16/h5-10,12-13,18H,3-4,11H2,1-2H3/t18-/m1/s1. The van der Waals surface area contributed by atoms with Gasteiger partial charge in [-0.05, 0) is 50.1 Å². The minimum Gasteiger partial charge on any atom is -0.331 e. The highest BCUT2D eigenvalue weighted by Crippen LogP contribution is 2.32. The Balaban J connectivity index is 1.57. The highest BCUT2D eigenvalue weighted by Gasteiger charge is 2.31. The summed E-state index contributed by atoms with van der Waals surface area (Å²) in [5.74, 6) is 0.0788. The maximum Gasteiger partial charge on any atom is 0.254 e. The third kappa shape index (κ3) is 2.84. The summed E-state index contributed by atoms with van der Waals surface area (Å²) in [5.41, 5.74) is 3.85. The molecular weight excluding hydrogens is 314 g/mol. The Labute approximate surface area is 146 Å².